The Bertz CT molecular complexity index is 713. The summed E-state index contributed by atoms with van der Waals surface area (Å²) in [5.41, 5.74) is 0.609. The smallest absolute Gasteiger partial charge is 0.271 e. The molecule has 0 fully saturated rings. The maximum atomic E-state index is 12.5. The van der Waals surface area contributed by atoms with Gasteiger partial charge in [0.05, 0.1) is 20.0 Å². The molecule has 0 unspecified atom stereocenters. The van der Waals surface area contributed by atoms with E-state index in [9.17, 15) is 4.79 Å². The van der Waals surface area contributed by atoms with Crippen LogP contribution in [0, 0.1) is 0 Å². The maximum absolute atomic E-state index is 12.5. The molecule has 0 saturated heterocycles. The molecule has 0 radical (unpaired) electrons. The lowest BCUT2D eigenvalue weighted by Crippen LogP contribution is -2.27. The molecular formula is C21H32N4O3. The molecule has 1 aromatic carbocycles. The highest BCUT2D eigenvalue weighted by atomic mass is 16.5. The van der Waals surface area contributed by atoms with Gasteiger partial charge in [0.25, 0.3) is 5.91 Å². The zero-order valence-electron chi connectivity index (χ0n) is 17.2. The summed E-state index contributed by atoms with van der Waals surface area (Å²) in [6, 6.07) is 7.61. The quantitative estimate of drug-likeness (QED) is 0.512. The van der Waals surface area contributed by atoms with E-state index in [0.29, 0.717) is 24.7 Å². The number of rotatable bonds is 13. The van der Waals surface area contributed by atoms with E-state index >= 15 is 0 Å². The zero-order valence-corrected chi connectivity index (χ0v) is 17.2. The highest BCUT2D eigenvalue weighted by Crippen LogP contribution is 2.17. The number of ether oxygens (including phenoxy) is 2. The molecule has 28 heavy (non-hydrogen) atoms. The van der Waals surface area contributed by atoms with Crippen LogP contribution in [-0.4, -0.2) is 42.8 Å². The first kappa shape index (κ1) is 21.6. The van der Waals surface area contributed by atoms with E-state index in [-0.39, 0.29) is 5.91 Å². The minimum atomic E-state index is -0.0712. The topological polar surface area (TPSA) is 77.4 Å². The van der Waals surface area contributed by atoms with Gasteiger partial charge in [-0.25, -0.2) is 4.98 Å². The number of methoxy groups -OCH3 is 1. The number of nitrogens with one attached hydrogen (secondary N) is 2. The summed E-state index contributed by atoms with van der Waals surface area (Å²) in [7, 11) is 3.43. The van der Waals surface area contributed by atoms with Crippen molar-refractivity contribution in [1.82, 2.24) is 14.9 Å². The van der Waals surface area contributed by atoms with Crippen LogP contribution in [0.25, 0.3) is 0 Å². The molecule has 0 atom stereocenters. The minimum Gasteiger partial charge on any atom is -0.497 e. The van der Waals surface area contributed by atoms with E-state index < -0.39 is 0 Å². The van der Waals surface area contributed by atoms with Crippen molar-refractivity contribution in [3.8, 4) is 11.5 Å². The fourth-order valence-corrected chi connectivity index (χ4v) is 2.94. The summed E-state index contributed by atoms with van der Waals surface area (Å²) >= 11 is 0. The lowest BCUT2D eigenvalue weighted by molar-refractivity contribution is 0.0944. The third-order valence-electron chi connectivity index (χ3n) is 4.44. The van der Waals surface area contributed by atoms with Gasteiger partial charge in [0.15, 0.2) is 11.5 Å². The highest BCUT2D eigenvalue weighted by Gasteiger charge is 2.17. The van der Waals surface area contributed by atoms with Crippen LogP contribution in [0.1, 0.15) is 49.5 Å². The molecule has 0 spiro atoms. The van der Waals surface area contributed by atoms with Crippen molar-refractivity contribution in [3.05, 3.63) is 36.3 Å². The summed E-state index contributed by atoms with van der Waals surface area (Å²) in [5.74, 6) is 2.24. The largest absolute Gasteiger partial charge is 0.497 e. The maximum Gasteiger partial charge on any atom is 0.271 e. The Hall–Kier alpha value is -2.70. The molecule has 1 heterocycles. The van der Waals surface area contributed by atoms with E-state index in [0.717, 1.165) is 50.1 Å². The van der Waals surface area contributed by atoms with Crippen LogP contribution < -0.4 is 20.1 Å². The summed E-state index contributed by atoms with van der Waals surface area (Å²) in [6.07, 6.45) is 6.74. The molecule has 0 saturated carbocycles. The fraction of sp³-hybridized carbons (Fsp3) is 0.524. The van der Waals surface area contributed by atoms with Crippen LogP contribution in [0.5, 0.6) is 11.5 Å². The molecule has 0 bridgehead atoms. The third-order valence-corrected chi connectivity index (χ3v) is 4.44. The number of unbranched alkanes of at least 4 members (excludes halogenated alkanes) is 3. The molecule has 0 aliphatic carbocycles. The molecule has 7 heteroatoms. The predicted octanol–water partition coefficient (Wildman–Crippen LogP) is 3.71. The number of hydrogen-bond donors (Lipinski definition) is 2. The van der Waals surface area contributed by atoms with Crippen LogP contribution in [-0.2, 0) is 6.54 Å². The highest BCUT2D eigenvalue weighted by molar-refractivity contribution is 5.97. The van der Waals surface area contributed by atoms with Gasteiger partial charge in [0, 0.05) is 20.1 Å². The zero-order chi connectivity index (χ0) is 20.2. The number of hydrogen-bond acceptors (Lipinski definition) is 5. The second kappa shape index (κ2) is 11.9. The monoisotopic (exact) mass is 388 g/mol. The van der Waals surface area contributed by atoms with Gasteiger partial charge in [0.1, 0.15) is 11.5 Å². The van der Waals surface area contributed by atoms with Gasteiger partial charge in [-0.1, -0.05) is 19.8 Å². The molecule has 1 amide bonds. The Balaban J connectivity index is 1.60. The Morgan fingerprint density at radius 3 is 2.50 bits per heavy atom. The van der Waals surface area contributed by atoms with Gasteiger partial charge in [0.2, 0.25) is 0 Å². The van der Waals surface area contributed by atoms with Gasteiger partial charge < -0.3 is 24.7 Å². The van der Waals surface area contributed by atoms with Gasteiger partial charge in [-0.15, -0.1) is 0 Å². The van der Waals surface area contributed by atoms with Crippen LogP contribution in [0.15, 0.2) is 30.6 Å². The van der Waals surface area contributed by atoms with Crippen LogP contribution in [0.4, 0.5) is 5.82 Å². The number of carbonyl (C=O) groups is 1. The van der Waals surface area contributed by atoms with Crippen LogP contribution in [0.2, 0.25) is 0 Å². The number of carbonyl (C=O) groups excluding carboxylic acids is 1. The molecule has 2 rings (SSSR count). The van der Waals surface area contributed by atoms with Crippen molar-refractivity contribution in [3.63, 3.8) is 0 Å². The Labute approximate surface area is 167 Å². The van der Waals surface area contributed by atoms with Crippen molar-refractivity contribution in [2.24, 2.45) is 0 Å². The number of imidazole rings is 1. The molecule has 2 aromatic rings. The van der Waals surface area contributed by atoms with Crippen molar-refractivity contribution in [2.45, 2.75) is 45.6 Å². The Morgan fingerprint density at radius 2 is 1.82 bits per heavy atom. The van der Waals surface area contributed by atoms with Gasteiger partial charge in [-0.05, 0) is 43.5 Å². The fourth-order valence-electron chi connectivity index (χ4n) is 2.94. The summed E-state index contributed by atoms with van der Waals surface area (Å²) < 4.78 is 12.7. The second-order valence-electron chi connectivity index (χ2n) is 6.58. The van der Waals surface area contributed by atoms with E-state index in [1.807, 2.05) is 28.8 Å². The molecule has 2 N–H and O–H groups in total. The molecule has 154 valence electrons. The number of aromatic nitrogens is 2. The second-order valence-corrected chi connectivity index (χ2v) is 6.58. The van der Waals surface area contributed by atoms with Crippen LogP contribution in [0.3, 0.4) is 0 Å². The van der Waals surface area contributed by atoms with Crippen molar-refractivity contribution < 1.29 is 14.3 Å². The predicted molar refractivity (Wildman–Crippen MR) is 111 cm³/mol. The Morgan fingerprint density at radius 1 is 1.11 bits per heavy atom. The molecule has 0 aliphatic rings. The van der Waals surface area contributed by atoms with E-state index in [2.05, 4.69) is 22.5 Å². The first-order valence-corrected chi connectivity index (χ1v) is 9.97. The van der Waals surface area contributed by atoms with E-state index in [4.69, 9.17) is 9.47 Å². The SMILES string of the molecule is CCCn1cnc(NC)c1C(=O)NCCCCCCOc1ccc(OC)cc1. The van der Waals surface area contributed by atoms with Crippen molar-refractivity contribution >= 4 is 11.7 Å². The van der Waals surface area contributed by atoms with Gasteiger partial charge >= 0.3 is 0 Å². The third kappa shape index (κ3) is 6.48. The number of benzene rings is 1. The first-order valence-electron chi connectivity index (χ1n) is 9.97. The normalized spacial score (nSPS) is 10.5. The van der Waals surface area contributed by atoms with Crippen molar-refractivity contribution in [2.75, 3.05) is 32.6 Å². The number of amides is 1. The number of nitrogens with zero attached hydrogens (tertiary/aromatic N) is 2. The number of aryl methyl sites for hydroxylation is 1. The molecule has 0 aliphatic heterocycles. The average molecular weight is 389 g/mol. The Kier molecular flexibility index (Phi) is 9.18. The summed E-state index contributed by atoms with van der Waals surface area (Å²) in [5, 5.41) is 5.99. The standard InChI is InChI=1S/C21H32N4O3/c1-4-14-25-16-24-20(22-2)19(25)21(26)23-13-7-5-6-8-15-28-18-11-9-17(27-3)10-12-18/h9-12,16,22H,4-8,13-15H2,1-3H3,(H,23,26). The molecule has 1 aromatic heterocycles. The van der Waals surface area contributed by atoms with Gasteiger partial charge in [-0.2, -0.15) is 0 Å². The minimum absolute atomic E-state index is 0.0712. The average Bonchev–Trinajstić information content (AvgIpc) is 3.13. The summed E-state index contributed by atoms with van der Waals surface area (Å²) in [6.45, 7) is 4.23. The van der Waals surface area contributed by atoms with Crippen molar-refractivity contribution in [1.29, 1.82) is 0 Å². The van der Waals surface area contributed by atoms with E-state index in [1.54, 1.807) is 20.5 Å². The molecule has 7 nitrogen and oxygen atoms in total. The first-order chi connectivity index (χ1) is 13.7. The van der Waals surface area contributed by atoms with E-state index in [1.165, 1.54) is 0 Å². The van der Waals surface area contributed by atoms with Gasteiger partial charge in [-0.3, -0.25) is 4.79 Å². The van der Waals surface area contributed by atoms with Crippen LogP contribution >= 0.6 is 0 Å². The number of anilines is 1. The lowest BCUT2D eigenvalue weighted by atomic mass is 10.2. The molecular weight excluding hydrogens is 356 g/mol. The lowest BCUT2D eigenvalue weighted by Gasteiger charge is -2.10. The summed E-state index contributed by atoms with van der Waals surface area (Å²) in [4.78, 5) is 16.7.